The predicted molar refractivity (Wildman–Crippen MR) is 53.9 cm³/mol. The maximum atomic E-state index is 13.2. The Labute approximate surface area is 84.4 Å². The lowest BCUT2D eigenvalue weighted by atomic mass is 10.1. The minimum absolute atomic E-state index is 0.0255. The van der Waals surface area contributed by atoms with Crippen molar-refractivity contribution in [2.45, 2.75) is 6.92 Å². The van der Waals surface area contributed by atoms with Crippen LogP contribution in [0.25, 0.3) is 5.57 Å². The number of rotatable bonds is 2. The minimum atomic E-state index is -0.554. The Kier molecular flexibility index (Phi) is 3.20. The van der Waals surface area contributed by atoms with E-state index in [4.69, 9.17) is 0 Å². The lowest BCUT2D eigenvalue weighted by Gasteiger charge is -2.06. The standard InChI is InChI=1S/C10H9BrF2/c1-6-3-8(12)10(7(2)5-11)9(13)4-6/h3-4H,2,5H2,1H3. The summed E-state index contributed by atoms with van der Waals surface area (Å²) in [5.41, 5.74) is 0.957. The van der Waals surface area contributed by atoms with Gasteiger partial charge in [0.15, 0.2) is 0 Å². The average molecular weight is 247 g/mol. The number of halogens is 3. The molecule has 0 amide bonds. The van der Waals surface area contributed by atoms with Crippen molar-refractivity contribution in [2.24, 2.45) is 0 Å². The molecule has 0 saturated carbocycles. The molecule has 0 bridgehead atoms. The Balaban J connectivity index is 3.28. The summed E-state index contributed by atoms with van der Waals surface area (Å²) in [6, 6.07) is 2.60. The van der Waals surface area contributed by atoms with Crippen molar-refractivity contribution in [3.8, 4) is 0 Å². The zero-order valence-corrected chi connectivity index (χ0v) is 8.79. The summed E-state index contributed by atoms with van der Waals surface area (Å²) < 4.78 is 26.5. The minimum Gasteiger partial charge on any atom is -0.206 e. The first kappa shape index (κ1) is 10.4. The van der Waals surface area contributed by atoms with Crippen molar-refractivity contribution in [3.05, 3.63) is 41.5 Å². The zero-order chi connectivity index (χ0) is 10.0. The molecule has 13 heavy (non-hydrogen) atoms. The fourth-order valence-corrected chi connectivity index (χ4v) is 1.38. The summed E-state index contributed by atoms with van der Waals surface area (Å²) >= 11 is 3.11. The third kappa shape index (κ3) is 2.15. The van der Waals surface area contributed by atoms with Gasteiger partial charge in [-0.3, -0.25) is 0 Å². The summed E-state index contributed by atoms with van der Waals surface area (Å²) in [7, 11) is 0. The van der Waals surface area contributed by atoms with Crippen LogP contribution < -0.4 is 0 Å². The summed E-state index contributed by atoms with van der Waals surface area (Å²) in [6.45, 7) is 5.21. The molecular formula is C10H9BrF2. The Hall–Kier alpha value is -0.700. The van der Waals surface area contributed by atoms with Crippen LogP contribution in [-0.2, 0) is 0 Å². The molecule has 1 aromatic carbocycles. The fourth-order valence-electron chi connectivity index (χ4n) is 1.10. The van der Waals surface area contributed by atoms with Gasteiger partial charge in [0.25, 0.3) is 0 Å². The molecule has 0 radical (unpaired) electrons. The van der Waals surface area contributed by atoms with Crippen molar-refractivity contribution < 1.29 is 8.78 Å². The number of hydrogen-bond acceptors (Lipinski definition) is 0. The second-order valence-electron chi connectivity index (χ2n) is 2.84. The Morgan fingerprint density at radius 2 is 1.85 bits per heavy atom. The van der Waals surface area contributed by atoms with E-state index in [1.165, 1.54) is 12.1 Å². The van der Waals surface area contributed by atoms with Crippen molar-refractivity contribution in [1.29, 1.82) is 0 Å². The number of hydrogen-bond donors (Lipinski definition) is 0. The van der Waals surface area contributed by atoms with Gasteiger partial charge in [-0.05, 0) is 30.2 Å². The largest absolute Gasteiger partial charge is 0.206 e. The second kappa shape index (κ2) is 4.01. The van der Waals surface area contributed by atoms with E-state index in [1.54, 1.807) is 6.92 Å². The first-order chi connectivity index (χ1) is 6.06. The number of benzene rings is 1. The van der Waals surface area contributed by atoms with Gasteiger partial charge < -0.3 is 0 Å². The SMILES string of the molecule is C=C(CBr)c1c(F)cc(C)cc1F. The molecule has 0 saturated heterocycles. The molecule has 0 aliphatic rings. The quantitative estimate of drug-likeness (QED) is 0.699. The molecule has 0 aliphatic carbocycles. The van der Waals surface area contributed by atoms with E-state index in [9.17, 15) is 8.78 Å². The van der Waals surface area contributed by atoms with Gasteiger partial charge in [0.2, 0.25) is 0 Å². The summed E-state index contributed by atoms with van der Waals surface area (Å²) in [6.07, 6.45) is 0. The van der Waals surface area contributed by atoms with E-state index in [1.807, 2.05) is 0 Å². The number of aryl methyl sites for hydroxylation is 1. The lowest BCUT2D eigenvalue weighted by Crippen LogP contribution is -1.96. The molecule has 0 aromatic heterocycles. The molecule has 0 unspecified atom stereocenters. The molecule has 0 aliphatic heterocycles. The van der Waals surface area contributed by atoms with Gasteiger partial charge >= 0.3 is 0 Å². The van der Waals surface area contributed by atoms with Gasteiger partial charge in [0.1, 0.15) is 11.6 Å². The van der Waals surface area contributed by atoms with Crippen LogP contribution in [0.2, 0.25) is 0 Å². The smallest absolute Gasteiger partial charge is 0.133 e. The van der Waals surface area contributed by atoms with Gasteiger partial charge in [-0.2, -0.15) is 0 Å². The molecule has 0 N–H and O–H groups in total. The molecule has 70 valence electrons. The van der Waals surface area contributed by atoms with Crippen LogP contribution in [0.1, 0.15) is 11.1 Å². The highest BCUT2D eigenvalue weighted by atomic mass is 79.9. The van der Waals surface area contributed by atoms with Crippen LogP contribution in [0.3, 0.4) is 0 Å². The van der Waals surface area contributed by atoms with Crippen molar-refractivity contribution in [3.63, 3.8) is 0 Å². The Bertz CT molecular complexity index is 322. The van der Waals surface area contributed by atoms with Crippen LogP contribution in [0.4, 0.5) is 8.78 Å². The van der Waals surface area contributed by atoms with E-state index in [2.05, 4.69) is 22.5 Å². The first-order valence-corrected chi connectivity index (χ1v) is 4.88. The summed E-state index contributed by atoms with van der Waals surface area (Å²) in [5.74, 6) is -1.11. The lowest BCUT2D eigenvalue weighted by molar-refractivity contribution is 0.575. The van der Waals surface area contributed by atoms with E-state index in [0.29, 0.717) is 16.5 Å². The highest BCUT2D eigenvalue weighted by Crippen LogP contribution is 2.23. The monoisotopic (exact) mass is 246 g/mol. The zero-order valence-electron chi connectivity index (χ0n) is 7.20. The van der Waals surface area contributed by atoms with Crippen molar-refractivity contribution in [2.75, 3.05) is 5.33 Å². The third-order valence-electron chi connectivity index (χ3n) is 1.70. The molecule has 1 rings (SSSR count). The Morgan fingerprint density at radius 3 is 2.23 bits per heavy atom. The van der Waals surface area contributed by atoms with Gasteiger partial charge in [0.05, 0.1) is 0 Å². The second-order valence-corrected chi connectivity index (χ2v) is 3.40. The molecule has 0 heterocycles. The highest BCUT2D eigenvalue weighted by Gasteiger charge is 2.11. The molecule has 0 nitrogen and oxygen atoms in total. The van der Waals surface area contributed by atoms with Gasteiger partial charge in [-0.1, -0.05) is 22.5 Å². The Morgan fingerprint density at radius 1 is 1.38 bits per heavy atom. The molecule has 0 atom stereocenters. The van der Waals surface area contributed by atoms with Crippen molar-refractivity contribution >= 4 is 21.5 Å². The third-order valence-corrected chi connectivity index (χ3v) is 2.38. The summed E-state index contributed by atoms with van der Waals surface area (Å²) in [5, 5.41) is 0.365. The van der Waals surface area contributed by atoms with E-state index < -0.39 is 11.6 Å². The van der Waals surface area contributed by atoms with Gasteiger partial charge in [-0.15, -0.1) is 0 Å². The van der Waals surface area contributed by atoms with Crippen LogP contribution in [-0.4, -0.2) is 5.33 Å². The maximum Gasteiger partial charge on any atom is 0.133 e. The van der Waals surface area contributed by atoms with Crippen LogP contribution in [0.5, 0.6) is 0 Å². The normalized spacial score (nSPS) is 10.2. The highest BCUT2D eigenvalue weighted by molar-refractivity contribution is 9.09. The van der Waals surface area contributed by atoms with Crippen LogP contribution in [0.15, 0.2) is 18.7 Å². The average Bonchev–Trinajstić information content (AvgIpc) is 2.02. The van der Waals surface area contributed by atoms with Gasteiger partial charge in [-0.25, -0.2) is 8.78 Å². The van der Waals surface area contributed by atoms with Crippen molar-refractivity contribution in [1.82, 2.24) is 0 Å². The molecule has 3 heteroatoms. The molecule has 1 aromatic rings. The fraction of sp³-hybridized carbons (Fsp3) is 0.200. The van der Waals surface area contributed by atoms with Crippen LogP contribution >= 0.6 is 15.9 Å². The molecular weight excluding hydrogens is 238 g/mol. The first-order valence-electron chi connectivity index (χ1n) is 3.76. The van der Waals surface area contributed by atoms with Crippen LogP contribution in [0, 0.1) is 18.6 Å². The predicted octanol–water partition coefficient (Wildman–Crippen LogP) is 3.68. The molecule has 0 fully saturated rings. The van der Waals surface area contributed by atoms with E-state index in [-0.39, 0.29) is 5.56 Å². The maximum absolute atomic E-state index is 13.2. The summed E-state index contributed by atoms with van der Waals surface area (Å²) in [4.78, 5) is 0. The van der Waals surface area contributed by atoms with Gasteiger partial charge in [0, 0.05) is 10.9 Å². The van der Waals surface area contributed by atoms with E-state index >= 15 is 0 Å². The topological polar surface area (TPSA) is 0 Å². The number of allylic oxidation sites excluding steroid dienone is 1. The molecule has 0 spiro atoms. The van der Waals surface area contributed by atoms with E-state index in [0.717, 1.165) is 0 Å². The number of alkyl halides is 1.